The van der Waals surface area contributed by atoms with Crippen molar-refractivity contribution in [3.05, 3.63) is 47.3 Å². The average molecular weight is 425 g/mol. The zero-order chi connectivity index (χ0) is 21.0. The average Bonchev–Trinajstić information content (AvgIpc) is 3.26. The Morgan fingerprint density at radius 3 is 2.53 bits per heavy atom. The summed E-state index contributed by atoms with van der Waals surface area (Å²) in [6, 6.07) is 12.7. The Labute approximate surface area is 183 Å². The third-order valence-corrected chi connectivity index (χ3v) is 7.74. The van der Waals surface area contributed by atoms with Gasteiger partial charge in [-0.2, -0.15) is 0 Å². The van der Waals surface area contributed by atoms with Crippen LogP contribution in [0.1, 0.15) is 51.0 Å². The number of nitrogens with one attached hydrogen (secondary N) is 1. The molecule has 1 saturated heterocycles. The molecule has 0 bridgehead atoms. The highest BCUT2D eigenvalue weighted by Crippen LogP contribution is 2.40. The topological polar surface area (TPSA) is 49.4 Å². The number of benzene rings is 1. The van der Waals surface area contributed by atoms with Crippen molar-refractivity contribution in [2.24, 2.45) is 11.3 Å². The van der Waals surface area contributed by atoms with Gasteiger partial charge in [-0.25, -0.2) is 0 Å². The van der Waals surface area contributed by atoms with Crippen LogP contribution >= 0.6 is 11.3 Å². The molecule has 1 aromatic carbocycles. The zero-order valence-corrected chi connectivity index (χ0v) is 18.7. The monoisotopic (exact) mass is 424 g/mol. The van der Waals surface area contributed by atoms with Crippen LogP contribution in [0.5, 0.6) is 0 Å². The van der Waals surface area contributed by atoms with Gasteiger partial charge >= 0.3 is 0 Å². The van der Waals surface area contributed by atoms with Crippen LogP contribution in [0, 0.1) is 11.3 Å². The Bertz CT molecular complexity index is 865. The fourth-order valence-corrected chi connectivity index (χ4v) is 5.48. The summed E-state index contributed by atoms with van der Waals surface area (Å²) >= 11 is 1.74. The number of carbonyl (C=O) groups excluding carboxylic acids is 2. The minimum atomic E-state index is -0.446. The third kappa shape index (κ3) is 4.31. The molecular weight excluding hydrogens is 392 g/mol. The van der Waals surface area contributed by atoms with E-state index in [1.54, 1.807) is 11.3 Å². The van der Waals surface area contributed by atoms with Crippen LogP contribution < -0.4 is 5.32 Å². The molecule has 30 heavy (non-hydrogen) atoms. The third-order valence-electron chi connectivity index (χ3n) is 6.84. The fourth-order valence-electron chi connectivity index (χ4n) is 4.69. The number of hydrogen-bond donors (Lipinski definition) is 1. The van der Waals surface area contributed by atoms with Crippen LogP contribution in [-0.4, -0.2) is 36.3 Å². The highest BCUT2D eigenvalue weighted by atomic mass is 32.1. The number of nitrogens with zero attached hydrogens (tertiary/aromatic N) is 1. The molecule has 4 rings (SSSR count). The standard InChI is InChI=1S/C25H32N2O2S/c1-2-14-26-24(29)25(12-15-27(16-13-25)23(28)19-8-5-9-19)18-20-7-3-4-10-21(20)22-11-6-17-30-22/h3-4,6-7,10-11,17,19H,2,5,8-9,12-16,18H2,1H3,(H,26,29). The Hall–Kier alpha value is -2.14. The van der Waals surface area contributed by atoms with Gasteiger partial charge in [0.1, 0.15) is 0 Å². The predicted octanol–water partition coefficient (Wildman–Crippen LogP) is 4.89. The molecule has 1 saturated carbocycles. The molecule has 2 aromatic rings. The molecular formula is C25H32N2O2S. The fraction of sp³-hybridized carbons (Fsp3) is 0.520. The Kier molecular flexibility index (Phi) is 6.57. The lowest BCUT2D eigenvalue weighted by Crippen LogP contribution is -2.52. The molecule has 0 unspecified atom stereocenters. The van der Waals surface area contributed by atoms with Crippen molar-refractivity contribution >= 4 is 23.2 Å². The lowest BCUT2D eigenvalue weighted by molar-refractivity contribution is -0.145. The quantitative estimate of drug-likeness (QED) is 0.688. The van der Waals surface area contributed by atoms with E-state index in [1.165, 1.54) is 22.4 Å². The lowest BCUT2D eigenvalue weighted by atomic mass is 9.71. The molecule has 1 aromatic heterocycles. The minimum absolute atomic E-state index is 0.154. The molecule has 0 atom stereocenters. The van der Waals surface area contributed by atoms with Crippen LogP contribution in [0.4, 0.5) is 0 Å². The van der Waals surface area contributed by atoms with Crippen LogP contribution in [0.2, 0.25) is 0 Å². The molecule has 0 radical (unpaired) electrons. The van der Waals surface area contributed by atoms with Gasteiger partial charge in [-0.1, -0.05) is 43.7 Å². The number of likely N-dealkylation sites (tertiary alicyclic amines) is 1. The Morgan fingerprint density at radius 2 is 1.90 bits per heavy atom. The maximum absolute atomic E-state index is 13.3. The van der Waals surface area contributed by atoms with Gasteiger partial charge in [0.05, 0.1) is 5.41 Å². The molecule has 1 N–H and O–H groups in total. The van der Waals surface area contributed by atoms with Gasteiger partial charge in [-0.05, 0) is 61.1 Å². The molecule has 2 heterocycles. The van der Waals surface area contributed by atoms with Crippen molar-refractivity contribution in [1.82, 2.24) is 10.2 Å². The Morgan fingerprint density at radius 1 is 1.13 bits per heavy atom. The van der Waals surface area contributed by atoms with Crippen molar-refractivity contribution in [2.75, 3.05) is 19.6 Å². The first-order valence-electron chi connectivity index (χ1n) is 11.3. The Balaban J connectivity index is 1.56. The molecule has 0 spiro atoms. The summed E-state index contributed by atoms with van der Waals surface area (Å²) < 4.78 is 0. The molecule has 4 nitrogen and oxygen atoms in total. The molecule has 2 aliphatic rings. The smallest absolute Gasteiger partial charge is 0.226 e. The second-order valence-corrected chi connectivity index (χ2v) is 9.75. The van der Waals surface area contributed by atoms with Gasteiger partial charge in [0, 0.05) is 30.4 Å². The van der Waals surface area contributed by atoms with Crippen LogP contribution in [0.3, 0.4) is 0 Å². The van der Waals surface area contributed by atoms with E-state index in [9.17, 15) is 9.59 Å². The van der Waals surface area contributed by atoms with Crippen molar-refractivity contribution in [2.45, 2.75) is 51.9 Å². The molecule has 5 heteroatoms. The maximum atomic E-state index is 13.3. The minimum Gasteiger partial charge on any atom is -0.356 e. The van der Waals surface area contributed by atoms with E-state index in [0.717, 1.165) is 38.5 Å². The van der Waals surface area contributed by atoms with Crippen molar-refractivity contribution in [1.29, 1.82) is 0 Å². The number of carbonyl (C=O) groups is 2. The SMILES string of the molecule is CCCNC(=O)C1(Cc2ccccc2-c2cccs2)CCN(C(=O)C2CCC2)CC1. The van der Waals surface area contributed by atoms with Crippen molar-refractivity contribution in [3.63, 3.8) is 0 Å². The van der Waals surface area contributed by atoms with E-state index in [0.29, 0.717) is 25.5 Å². The van der Waals surface area contributed by atoms with Gasteiger partial charge in [-0.3, -0.25) is 9.59 Å². The number of piperidine rings is 1. The first-order valence-corrected chi connectivity index (χ1v) is 12.2. The highest BCUT2D eigenvalue weighted by molar-refractivity contribution is 7.13. The van der Waals surface area contributed by atoms with Gasteiger partial charge in [0.2, 0.25) is 11.8 Å². The van der Waals surface area contributed by atoms with Gasteiger partial charge < -0.3 is 10.2 Å². The second-order valence-electron chi connectivity index (χ2n) is 8.80. The first kappa shape index (κ1) is 21.1. The molecule has 2 amide bonds. The number of rotatable bonds is 7. The summed E-state index contributed by atoms with van der Waals surface area (Å²) in [6.07, 6.45) is 6.37. The maximum Gasteiger partial charge on any atom is 0.226 e. The van der Waals surface area contributed by atoms with E-state index >= 15 is 0 Å². The number of thiophene rings is 1. The normalized spacial score (nSPS) is 18.6. The van der Waals surface area contributed by atoms with Crippen molar-refractivity contribution < 1.29 is 9.59 Å². The van der Waals surface area contributed by atoms with E-state index in [1.807, 2.05) is 4.90 Å². The zero-order valence-electron chi connectivity index (χ0n) is 17.9. The first-order chi connectivity index (χ1) is 14.6. The van der Waals surface area contributed by atoms with Crippen LogP contribution in [-0.2, 0) is 16.0 Å². The molecule has 1 aliphatic heterocycles. The van der Waals surface area contributed by atoms with Gasteiger partial charge in [-0.15, -0.1) is 11.3 Å². The number of amides is 2. The van der Waals surface area contributed by atoms with Gasteiger partial charge in [0.15, 0.2) is 0 Å². The second kappa shape index (κ2) is 9.34. The largest absolute Gasteiger partial charge is 0.356 e. The highest BCUT2D eigenvalue weighted by Gasteiger charge is 2.43. The van der Waals surface area contributed by atoms with Gasteiger partial charge in [0.25, 0.3) is 0 Å². The van der Waals surface area contributed by atoms with Crippen LogP contribution in [0.15, 0.2) is 41.8 Å². The van der Waals surface area contributed by atoms with E-state index in [2.05, 4.69) is 54.0 Å². The van der Waals surface area contributed by atoms with E-state index in [-0.39, 0.29) is 11.8 Å². The summed E-state index contributed by atoms with van der Waals surface area (Å²) in [5, 5.41) is 5.26. The summed E-state index contributed by atoms with van der Waals surface area (Å²) in [7, 11) is 0. The van der Waals surface area contributed by atoms with Crippen LogP contribution in [0.25, 0.3) is 10.4 Å². The summed E-state index contributed by atoms with van der Waals surface area (Å²) in [5.41, 5.74) is 2.01. The molecule has 160 valence electrons. The summed E-state index contributed by atoms with van der Waals surface area (Å²) in [4.78, 5) is 29.3. The van der Waals surface area contributed by atoms with E-state index < -0.39 is 5.41 Å². The van der Waals surface area contributed by atoms with E-state index in [4.69, 9.17) is 0 Å². The molecule has 2 fully saturated rings. The van der Waals surface area contributed by atoms with Crippen molar-refractivity contribution in [3.8, 4) is 10.4 Å². The summed E-state index contributed by atoms with van der Waals surface area (Å²) in [6.45, 7) is 4.17. The predicted molar refractivity (Wildman–Crippen MR) is 122 cm³/mol. The molecule has 1 aliphatic carbocycles. The summed E-state index contributed by atoms with van der Waals surface area (Å²) in [5.74, 6) is 0.690. The number of hydrogen-bond acceptors (Lipinski definition) is 3. The lowest BCUT2D eigenvalue weighted by Gasteiger charge is -2.43.